The van der Waals surface area contributed by atoms with Crippen molar-refractivity contribution < 1.29 is 4.79 Å². The molecule has 1 atom stereocenters. The van der Waals surface area contributed by atoms with Crippen molar-refractivity contribution >= 4 is 29.9 Å². The maximum Gasteiger partial charge on any atom is 0.264 e. The van der Waals surface area contributed by atoms with Gasteiger partial charge >= 0.3 is 0 Å². The van der Waals surface area contributed by atoms with E-state index in [1.54, 1.807) is 0 Å². The van der Waals surface area contributed by atoms with Crippen LogP contribution in [-0.4, -0.2) is 48.4 Å². The maximum atomic E-state index is 12.1. The highest BCUT2D eigenvalue weighted by atomic mass is 32.1. The fraction of sp³-hybridized carbons (Fsp3) is 0.545. The minimum atomic E-state index is 0.144. The van der Waals surface area contributed by atoms with Crippen LogP contribution in [-0.2, 0) is 0 Å². The van der Waals surface area contributed by atoms with Crippen molar-refractivity contribution in [3.05, 3.63) is 16.3 Å². The molecular weight excluding hydrogens is 240 g/mol. The number of nitrogens with zero attached hydrogens (tertiary/aromatic N) is 2. The van der Waals surface area contributed by atoms with Gasteiger partial charge in [0.05, 0.1) is 4.88 Å². The summed E-state index contributed by atoms with van der Waals surface area (Å²) < 4.78 is 0. The lowest BCUT2D eigenvalue weighted by molar-refractivity contribution is 0.0577. The van der Waals surface area contributed by atoms with E-state index in [1.165, 1.54) is 11.3 Å². The van der Waals surface area contributed by atoms with Gasteiger partial charge in [-0.25, -0.2) is 0 Å². The Bertz CT molecular complexity index is 391. The molecule has 0 saturated carbocycles. The van der Waals surface area contributed by atoms with Gasteiger partial charge in [-0.3, -0.25) is 4.79 Å². The van der Waals surface area contributed by atoms with E-state index < -0.39 is 0 Å². The fourth-order valence-electron chi connectivity index (χ4n) is 1.83. The monoisotopic (exact) mass is 256 g/mol. The first-order chi connectivity index (χ1) is 7.58. The first-order valence-electron chi connectivity index (χ1n) is 5.35. The van der Waals surface area contributed by atoms with Crippen LogP contribution in [0.15, 0.2) is 16.3 Å². The molecule has 0 spiro atoms. The number of amides is 1. The third-order valence-electron chi connectivity index (χ3n) is 3.04. The molecule has 2 rings (SSSR count). The molecule has 1 amide bonds. The zero-order chi connectivity index (χ0) is 11.7. The first kappa shape index (κ1) is 12.0. The van der Waals surface area contributed by atoms with Crippen LogP contribution >= 0.6 is 24.0 Å². The molecule has 1 aromatic rings. The standard InChI is InChI=1S/C11H16N2OS2/c1-8-6-13(4-3-12(8)2)11(14)10-5-9(15)7-16-10/h5,7-8,15H,3-4,6H2,1-2H3. The number of carbonyl (C=O) groups is 1. The Labute approximate surface area is 105 Å². The van der Waals surface area contributed by atoms with Gasteiger partial charge in [0.25, 0.3) is 5.91 Å². The highest BCUT2D eigenvalue weighted by molar-refractivity contribution is 7.80. The van der Waals surface area contributed by atoms with E-state index >= 15 is 0 Å². The van der Waals surface area contributed by atoms with E-state index in [0.717, 1.165) is 29.4 Å². The molecule has 1 fully saturated rings. The molecule has 0 aliphatic carbocycles. The van der Waals surface area contributed by atoms with Crippen molar-refractivity contribution in [3.8, 4) is 0 Å². The molecule has 2 heterocycles. The van der Waals surface area contributed by atoms with Gasteiger partial charge in [0.15, 0.2) is 0 Å². The second-order valence-electron chi connectivity index (χ2n) is 4.25. The van der Waals surface area contributed by atoms with Gasteiger partial charge in [0, 0.05) is 36.0 Å². The Hall–Kier alpha value is -0.520. The normalized spacial score (nSPS) is 22.4. The highest BCUT2D eigenvalue weighted by Gasteiger charge is 2.25. The summed E-state index contributed by atoms with van der Waals surface area (Å²) in [6, 6.07) is 2.28. The molecule has 3 nitrogen and oxygen atoms in total. The number of carbonyl (C=O) groups excluding carboxylic acids is 1. The number of hydrogen-bond acceptors (Lipinski definition) is 4. The number of thiol groups is 1. The predicted molar refractivity (Wildman–Crippen MR) is 69.6 cm³/mol. The summed E-state index contributed by atoms with van der Waals surface area (Å²) in [6.07, 6.45) is 0. The van der Waals surface area contributed by atoms with Gasteiger partial charge in [-0.05, 0) is 20.0 Å². The van der Waals surface area contributed by atoms with E-state index in [4.69, 9.17) is 0 Å². The summed E-state index contributed by atoms with van der Waals surface area (Å²) in [4.78, 5) is 18.0. The van der Waals surface area contributed by atoms with Crippen LogP contribution < -0.4 is 0 Å². The molecular formula is C11H16N2OS2. The van der Waals surface area contributed by atoms with Gasteiger partial charge < -0.3 is 9.80 Å². The Balaban J connectivity index is 2.06. The summed E-state index contributed by atoms with van der Waals surface area (Å²) in [7, 11) is 2.10. The van der Waals surface area contributed by atoms with Gasteiger partial charge in [0.1, 0.15) is 0 Å². The van der Waals surface area contributed by atoms with Gasteiger partial charge in [-0.1, -0.05) is 0 Å². The molecule has 1 aliphatic rings. The third-order valence-corrected chi connectivity index (χ3v) is 4.39. The molecule has 1 unspecified atom stereocenters. The van der Waals surface area contributed by atoms with Crippen molar-refractivity contribution in [2.45, 2.75) is 17.9 Å². The highest BCUT2D eigenvalue weighted by Crippen LogP contribution is 2.20. The van der Waals surface area contributed by atoms with Crippen LogP contribution in [0.2, 0.25) is 0 Å². The van der Waals surface area contributed by atoms with E-state index in [2.05, 4.69) is 31.5 Å². The number of thiophene rings is 1. The molecule has 5 heteroatoms. The molecule has 0 aromatic carbocycles. The molecule has 0 radical (unpaired) electrons. The SMILES string of the molecule is CC1CN(C(=O)c2cc(S)cs2)CCN1C. The lowest BCUT2D eigenvalue weighted by Gasteiger charge is -2.37. The topological polar surface area (TPSA) is 23.6 Å². The van der Waals surface area contributed by atoms with Crippen molar-refractivity contribution in [3.63, 3.8) is 0 Å². The van der Waals surface area contributed by atoms with Crippen LogP contribution in [0.1, 0.15) is 16.6 Å². The van der Waals surface area contributed by atoms with Crippen molar-refractivity contribution in [1.29, 1.82) is 0 Å². The number of piperazine rings is 1. The number of likely N-dealkylation sites (N-methyl/N-ethyl adjacent to an activating group) is 1. The zero-order valence-electron chi connectivity index (χ0n) is 9.51. The van der Waals surface area contributed by atoms with Crippen molar-refractivity contribution in [1.82, 2.24) is 9.80 Å². The minimum Gasteiger partial charge on any atom is -0.335 e. The molecule has 1 aromatic heterocycles. The van der Waals surface area contributed by atoms with Crippen LogP contribution in [0.3, 0.4) is 0 Å². The molecule has 0 N–H and O–H groups in total. The van der Waals surface area contributed by atoms with Crippen molar-refractivity contribution in [2.75, 3.05) is 26.7 Å². The summed E-state index contributed by atoms with van der Waals surface area (Å²) in [5.41, 5.74) is 0. The predicted octanol–water partition coefficient (Wildman–Crippen LogP) is 1.81. The Morgan fingerprint density at radius 2 is 2.31 bits per heavy atom. The second kappa shape index (κ2) is 4.77. The lowest BCUT2D eigenvalue weighted by Crippen LogP contribution is -2.51. The molecule has 16 heavy (non-hydrogen) atoms. The smallest absolute Gasteiger partial charge is 0.264 e. The summed E-state index contributed by atoms with van der Waals surface area (Å²) in [5.74, 6) is 0.144. The lowest BCUT2D eigenvalue weighted by atomic mass is 10.2. The van der Waals surface area contributed by atoms with Gasteiger partial charge in [0.2, 0.25) is 0 Å². The number of hydrogen-bond donors (Lipinski definition) is 1. The van der Waals surface area contributed by atoms with E-state index in [1.807, 2.05) is 16.3 Å². The molecule has 0 bridgehead atoms. The van der Waals surface area contributed by atoms with Gasteiger partial charge in [-0.15, -0.1) is 24.0 Å². The molecule has 1 aliphatic heterocycles. The average Bonchev–Trinajstić information content (AvgIpc) is 2.68. The van der Waals surface area contributed by atoms with Gasteiger partial charge in [-0.2, -0.15) is 0 Å². The maximum absolute atomic E-state index is 12.1. The molecule has 1 saturated heterocycles. The fourth-order valence-corrected chi connectivity index (χ4v) is 2.94. The third kappa shape index (κ3) is 2.42. The van der Waals surface area contributed by atoms with Crippen LogP contribution in [0.25, 0.3) is 0 Å². The largest absolute Gasteiger partial charge is 0.335 e. The molecule has 88 valence electrons. The van der Waals surface area contributed by atoms with Crippen LogP contribution in [0.4, 0.5) is 0 Å². The number of rotatable bonds is 1. The van der Waals surface area contributed by atoms with E-state index in [0.29, 0.717) is 6.04 Å². The zero-order valence-corrected chi connectivity index (χ0v) is 11.2. The Kier molecular flexibility index (Phi) is 3.56. The van der Waals surface area contributed by atoms with E-state index in [9.17, 15) is 4.79 Å². The Morgan fingerprint density at radius 3 is 2.88 bits per heavy atom. The summed E-state index contributed by atoms with van der Waals surface area (Å²) in [6.45, 7) is 4.73. The van der Waals surface area contributed by atoms with Crippen LogP contribution in [0, 0.1) is 0 Å². The second-order valence-corrected chi connectivity index (χ2v) is 5.68. The van der Waals surface area contributed by atoms with E-state index in [-0.39, 0.29) is 5.91 Å². The quantitative estimate of drug-likeness (QED) is 0.775. The van der Waals surface area contributed by atoms with Crippen molar-refractivity contribution in [2.24, 2.45) is 0 Å². The average molecular weight is 256 g/mol. The minimum absolute atomic E-state index is 0.144. The first-order valence-corrected chi connectivity index (χ1v) is 6.67. The summed E-state index contributed by atoms with van der Waals surface area (Å²) in [5, 5.41) is 1.90. The Morgan fingerprint density at radius 1 is 1.56 bits per heavy atom. The van der Waals surface area contributed by atoms with Crippen LogP contribution in [0.5, 0.6) is 0 Å². The summed E-state index contributed by atoms with van der Waals surface area (Å²) >= 11 is 5.70.